The first-order chi connectivity index (χ1) is 20.0. The van der Waals surface area contributed by atoms with Gasteiger partial charge in [-0.2, -0.15) is 15.0 Å². The van der Waals surface area contributed by atoms with Crippen LogP contribution in [0.15, 0.2) is 60.7 Å². The van der Waals surface area contributed by atoms with Gasteiger partial charge in [0.2, 0.25) is 11.2 Å². The van der Waals surface area contributed by atoms with Gasteiger partial charge in [0.25, 0.3) is 8.32 Å². The molecule has 3 atom stereocenters. The molecule has 2 aliphatic rings. The highest BCUT2D eigenvalue weighted by Crippen LogP contribution is 2.40. The topological polar surface area (TPSA) is 72.8 Å². The lowest BCUT2D eigenvalue weighted by Gasteiger charge is -2.48. The second kappa shape index (κ2) is 12.6. The van der Waals surface area contributed by atoms with Crippen molar-refractivity contribution in [2.24, 2.45) is 0 Å². The number of anilines is 1. The third-order valence-corrected chi connectivity index (χ3v) is 13.9. The van der Waals surface area contributed by atoms with Crippen LogP contribution in [0, 0.1) is 0 Å². The Morgan fingerprint density at radius 3 is 2.21 bits per heavy atom. The van der Waals surface area contributed by atoms with E-state index in [1.165, 1.54) is 10.4 Å². The molecule has 8 nitrogen and oxygen atoms in total. The largest absolute Gasteiger partial charge is 0.459 e. The van der Waals surface area contributed by atoms with Crippen molar-refractivity contribution in [2.45, 2.75) is 70.2 Å². The average molecular weight is 610 g/mol. The fourth-order valence-electron chi connectivity index (χ4n) is 6.53. The molecule has 2 fully saturated rings. The summed E-state index contributed by atoms with van der Waals surface area (Å²) in [5, 5.41) is 2.40. The van der Waals surface area contributed by atoms with E-state index < -0.39 is 13.9 Å². The van der Waals surface area contributed by atoms with E-state index in [-0.39, 0.29) is 22.4 Å². The van der Waals surface area contributed by atoms with Crippen LogP contribution in [0.2, 0.25) is 10.3 Å². The Balaban J connectivity index is 1.48. The smallest absolute Gasteiger partial charge is 0.322 e. The van der Waals surface area contributed by atoms with Gasteiger partial charge in [-0.3, -0.25) is 4.90 Å². The van der Waals surface area contributed by atoms with Crippen molar-refractivity contribution in [1.29, 1.82) is 0 Å². The van der Waals surface area contributed by atoms with Crippen molar-refractivity contribution in [3.8, 4) is 6.01 Å². The Bertz CT molecular complexity index is 1290. The zero-order valence-corrected chi connectivity index (χ0v) is 27.5. The molecule has 0 spiro atoms. The van der Waals surface area contributed by atoms with Gasteiger partial charge in [0.1, 0.15) is 6.10 Å². The second-order valence-electron chi connectivity index (χ2n) is 12.9. The van der Waals surface area contributed by atoms with Crippen LogP contribution in [0.3, 0.4) is 0 Å². The number of likely N-dealkylation sites (N-methyl/N-ethyl adjacent to an activating group) is 1. The molecule has 2 aromatic carbocycles. The molecule has 226 valence electrons. The summed E-state index contributed by atoms with van der Waals surface area (Å²) in [6.07, 6.45) is 2.18. The summed E-state index contributed by atoms with van der Waals surface area (Å²) >= 11 is 6.44. The molecule has 0 saturated carbocycles. The molecule has 1 aromatic heterocycles. The van der Waals surface area contributed by atoms with Crippen molar-refractivity contribution >= 4 is 36.2 Å². The fourth-order valence-corrected chi connectivity index (χ4v) is 11.5. The summed E-state index contributed by atoms with van der Waals surface area (Å²) in [4.78, 5) is 18.0. The van der Waals surface area contributed by atoms with Gasteiger partial charge in [0, 0.05) is 12.6 Å². The SMILES string of the molecule is C[C@H](Oc1nc(Cl)nc(N2CCOCC(C)(O[Si](c3ccccc3)(c3ccccc3)C(C)(C)C)C2)n1)[C@@H]1CCCN1C. The van der Waals surface area contributed by atoms with Gasteiger partial charge >= 0.3 is 6.01 Å². The molecular formula is C32H44ClN5O3Si. The molecule has 42 heavy (non-hydrogen) atoms. The molecule has 2 saturated heterocycles. The summed E-state index contributed by atoms with van der Waals surface area (Å²) in [7, 11) is -0.710. The van der Waals surface area contributed by atoms with E-state index >= 15 is 0 Å². The van der Waals surface area contributed by atoms with E-state index in [4.69, 9.17) is 30.5 Å². The number of rotatable bonds is 8. The highest BCUT2D eigenvalue weighted by Gasteiger charge is 2.54. The van der Waals surface area contributed by atoms with Crippen LogP contribution in [-0.2, 0) is 9.16 Å². The third kappa shape index (κ3) is 6.50. The molecule has 2 aliphatic heterocycles. The highest BCUT2D eigenvalue weighted by atomic mass is 35.5. The number of ether oxygens (including phenoxy) is 2. The lowest BCUT2D eigenvalue weighted by atomic mass is 10.1. The van der Waals surface area contributed by atoms with Crippen molar-refractivity contribution < 1.29 is 13.9 Å². The quantitative estimate of drug-likeness (QED) is 0.344. The van der Waals surface area contributed by atoms with E-state index in [1.807, 2.05) is 0 Å². The predicted octanol–water partition coefficient (Wildman–Crippen LogP) is 4.56. The lowest BCUT2D eigenvalue weighted by Crippen LogP contribution is -2.70. The van der Waals surface area contributed by atoms with Crippen LogP contribution in [0.4, 0.5) is 5.95 Å². The number of hydrogen-bond acceptors (Lipinski definition) is 8. The van der Waals surface area contributed by atoms with E-state index in [2.05, 4.69) is 122 Å². The van der Waals surface area contributed by atoms with Crippen LogP contribution in [-0.4, -0.2) is 85.8 Å². The van der Waals surface area contributed by atoms with Crippen LogP contribution in [0.25, 0.3) is 0 Å². The molecule has 1 unspecified atom stereocenters. The van der Waals surface area contributed by atoms with Gasteiger partial charge in [-0.05, 0) is 67.3 Å². The Kier molecular flexibility index (Phi) is 9.25. The van der Waals surface area contributed by atoms with Crippen molar-refractivity contribution in [3.63, 3.8) is 0 Å². The Labute approximate surface area is 256 Å². The lowest BCUT2D eigenvalue weighted by molar-refractivity contribution is -0.000403. The Morgan fingerprint density at radius 1 is 1.00 bits per heavy atom. The molecule has 0 radical (unpaired) electrons. The van der Waals surface area contributed by atoms with Crippen molar-refractivity contribution in [2.75, 3.05) is 44.8 Å². The van der Waals surface area contributed by atoms with Crippen LogP contribution in [0.5, 0.6) is 6.01 Å². The molecular weight excluding hydrogens is 566 g/mol. The van der Waals surface area contributed by atoms with Gasteiger partial charge in [-0.1, -0.05) is 81.4 Å². The molecule has 10 heteroatoms. The first kappa shape index (κ1) is 30.9. The third-order valence-electron chi connectivity index (χ3n) is 8.52. The fraction of sp³-hybridized carbons (Fsp3) is 0.531. The molecule has 0 bridgehead atoms. The van der Waals surface area contributed by atoms with Crippen molar-refractivity contribution in [3.05, 3.63) is 65.9 Å². The van der Waals surface area contributed by atoms with Crippen LogP contribution >= 0.6 is 11.6 Å². The molecule has 0 N–H and O–H groups in total. The minimum Gasteiger partial charge on any atom is -0.459 e. The minimum atomic E-state index is -2.84. The van der Waals surface area contributed by atoms with Gasteiger partial charge in [0.15, 0.2) is 0 Å². The molecule has 3 aromatic rings. The Hall–Kier alpha value is -2.56. The summed E-state index contributed by atoms with van der Waals surface area (Å²) in [6.45, 7) is 14.2. The molecule has 5 rings (SSSR count). The minimum absolute atomic E-state index is 0.0694. The maximum absolute atomic E-state index is 7.57. The number of nitrogens with zero attached hydrogens (tertiary/aromatic N) is 5. The first-order valence-corrected chi connectivity index (χ1v) is 17.2. The number of hydrogen-bond donors (Lipinski definition) is 0. The Morgan fingerprint density at radius 2 is 1.64 bits per heavy atom. The highest BCUT2D eigenvalue weighted by molar-refractivity contribution is 6.99. The average Bonchev–Trinajstić information content (AvgIpc) is 3.29. The second-order valence-corrected chi connectivity index (χ2v) is 17.4. The number of halogens is 1. The summed E-state index contributed by atoms with van der Waals surface area (Å²) in [6, 6.07) is 21.9. The number of likely N-dealkylation sites (tertiary alicyclic amines) is 1. The van der Waals surface area contributed by atoms with Crippen molar-refractivity contribution in [1.82, 2.24) is 19.9 Å². The van der Waals surface area contributed by atoms with Gasteiger partial charge in [-0.25, -0.2) is 0 Å². The molecule has 3 heterocycles. The maximum Gasteiger partial charge on any atom is 0.322 e. The maximum atomic E-state index is 7.57. The predicted molar refractivity (Wildman–Crippen MR) is 171 cm³/mol. The van der Waals surface area contributed by atoms with Crippen LogP contribution in [0.1, 0.15) is 47.5 Å². The molecule has 0 aliphatic carbocycles. The first-order valence-electron chi connectivity index (χ1n) is 14.9. The van der Waals surface area contributed by atoms with E-state index in [0.717, 1.165) is 19.4 Å². The van der Waals surface area contributed by atoms with E-state index in [9.17, 15) is 0 Å². The summed E-state index contributed by atoms with van der Waals surface area (Å²) < 4.78 is 20.0. The zero-order chi connectivity index (χ0) is 30.0. The standard InChI is InChI=1S/C32H44ClN5O3Si/c1-24(27-18-13-19-37(27)6)40-30-35-28(33)34-29(36-30)38-20-21-39-23-32(5,22-38)41-42(31(2,3)4,25-14-9-7-10-15-25)26-16-11-8-12-17-26/h7-12,14-17,24,27H,13,18-23H2,1-6H3/t24-,27-,32?/m0/s1. The molecule has 0 amide bonds. The van der Waals surface area contributed by atoms with Gasteiger partial charge in [0.05, 0.1) is 25.4 Å². The van der Waals surface area contributed by atoms with Gasteiger partial charge < -0.3 is 18.8 Å². The zero-order valence-electron chi connectivity index (χ0n) is 25.7. The summed E-state index contributed by atoms with van der Waals surface area (Å²) in [5.74, 6) is 0.472. The number of aromatic nitrogens is 3. The van der Waals surface area contributed by atoms with E-state index in [0.29, 0.717) is 38.3 Å². The van der Waals surface area contributed by atoms with E-state index in [1.54, 1.807) is 0 Å². The van der Waals surface area contributed by atoms with Gasteiger partial charge in [-0.15, -0.1) is 0 Å². The van der Waals surface area contributed by atoms with Crippen LogP contribution < -0.4 is 20.0 Å². The normalized spacial score (nSPS) is 23.0. The monoisotopic (exact) mass is 609 g/mol. The number of benzene rings is 2. The summed E-state index contributed by atoms with van der Waals surface area (Å²) in [5.41, 5.74) is -0.665.